The smallest absolute Gasteiger partial charge is 0.165 e. The molecular weight excluding hydrogens is 434 g/mol. The number of aromatic hydroxyl groups is 1. The molecule has 33 heavy (non-hydrogen) atoms. The second kappa shape index (κ2) is 7.57. The van der Waals surface area contributed by atoms with Gasteiger partial charge in [0.05, 0.1) is 0 Å². The molecule has 6 rings (SSSR count). The Balaban J connectivity index is 1.40. The van der Waals surface area contributed by atoms with Crippen LogP contribution in [0.5, 0.6) is 11.5 Å². The molecule has 176 valence electrons. The van der Waals surface area contributed by atoms with E-state index < -0.39 is 11.7 Å². The Kier molecular flexibility index (Phi) is 4.97. The van der Waals surface area contributed by atoms with Crippen LogP contribution in [0.1, 0.15) is 48.6 Å². The second-order valence-corrected chi connectivity index (χ2v) is 11.6. The fourth-order valence-corrected chi connectivity index (χ4v) is 7.43. The number of rotatable bonds is 7. The summed E-state index contributed by atoms with van der Waals surface area (Å²) in [4.78, 5) is 3.53. The van der Waals surface area contributed by atoms with Gasteiger partial charge in [0.1, 0.15) is 17.8 Å². The number of ether oxygens (including phenoxy) is 2. The van der Waals surface area contributed by atoms with Crippen LogP contribution in [-0.4, -0.2) is 53.6 Å². The molecular formula is C27H33NO4S. The number of thiophene rings is 1. The molecule has 0 amide bonds. The largest absolute Gasteiger partial charge is 0.504 e. The highest BCUT2D eigenvalue weighted by Gasteiger charge is 2.60. The van der Waals surface area contributed by atoms with Gasteiger partial charge in [-0.25, -0.2) is 0 Å². The average Bonchev–Trinajstić information content (AvgIpc) is 3.31. The van der Waals surface area contributed by atoms with Gasteiger partial charge >= 0.3 is 0 Å². The average molecular weight is 468 g/mol. The molecule has 2 N–H and O–H groups in total. The van der Waals surface area contributed by atoms with Crippen molar-refractivity contribution in [3.05, 3.63) is 57.8 Å². The van der Waals surface area contributed by atoms with E-state index in [0.29, 0.717) is 17.4 Å². The zero-order valence-corrected chi connectivity index (χ0v) is 20.2. The summed E-state index contributed by atoms with van der Waals surface area (Å²) in [6, 6.07) is 8.20. The standard InChI is InChI=1S/C27H33NO4S/c1-16(26(2,30)21-5-4-12-33-21)23(31-3)25-27-10-11-28(15-17-6-7-17)19(14-27)13-18-8-9-20(29)24(32-25)22(18)27/h4-5,8-9,12,17,19,23,25,29-30H,1,6-7,10-11,13-15H2,2-3H3/t19-,23?,25+,26?,27+/m1/s1. The molecule has 2 aliphatic carbocycles. The van der Waals surface area contributed by atoms with Gasteiger partial charge in [-0.2, -0.15) is 0 Å². The maximum atomic E-state index is 11.5. The van der Waals surface area contributed by atoms with Gasteiger partial charge in [-0.1, -0.05) is 18.7 Å². The highest BCUT2D eigenvalue weighted by atomic mass is 32.1. The number of nitrogens with zero attached hydrogens (tertiary/aromatic N) is 1. The van der Waals surface area contributed by atoms with Crippen molar-refractivity contribution in [2.24, 2.45) is 5.92 Å². The van der Waals surface area contributed by atoms with Crippen molar-refractivity contribution >= 4 is 11.3 Å². The second-order valence-electron chi connectivity index (χ2n) is 10.6. The van der Waals surface area contributed by atoms with Crippen LogP contribution >= 0.6 is 11.3 Å². The summed E-state index contributed by atoms with van der Waals surface area (Å²) >= 11 is 1.51. The van der Waals surface area contributed by atoms with Crippen LogP contribution in [0.15, 0.2) is 41.8 Å². The molecule has 1 spiro atoms. The predicted octanol–water partition coefficient (Wildman–Crippen LogP) is 4.36. The zero-order valence-electron chi connectivity index (χ0n) is 19.4. The van der Waals surface area contributed by atoms with E-state index in [0.717, 1.165) is 36.6 Å². The Bertz CT molecular complexity index is 1080. The molecule has 2 unspecified atom stereocenters. The number of likely N-dealkylation sites (tertiary alicyclic amines) is 1. The number of methoxy groups -OCH3 is 1. The van der Waals surface area contributed by atoms with Crippen molar-refractivity contribution in [2.75, 3.05) is 20.2 Å². The fraction of sp³-hybridized carbons (Fsp3) is 0.556. The Morgan fingerprint density at radius 3 is 2.91 bits per heavy atom. The van der Waals surface area contributed by atoms with Crippen LogP contribution < -0.4 is 4.74 Å². The molecule has 2 bridgehead atoms. The molecule has 1 aromatic heterocycles. The highest BCUT2D eigenvalue weighted by molar-refractivity contribution is 7.10. The summed E-state index contributed by atoms with van der Waals surface area (Å²) < 4.78 is 12.7. The molecule has 5 nitrogen and oxygen atoms in total. The van der Waals surface area contributed by atoms with Crippen molar-refractivity contribution in [2.45, 2.75) is 68.3 Å². The van der Waals surface area contributed by atoms with Crippen molar-refractivity contribution in [3.63, 3.8) is 0 Å². The molecule has 4 aliphatic rings. The lowest BCUT2D eigenvalue weighted by Gasteiger charge is -2.52. The Morgan fingerprint density at radius 1 is 1.39 bits per heavy atom. The quantitative estimate of drug-likeness (QED) is 0.593. The summed E-state index contributed by atoms with van der Waals surface area (Å²) in [5.74, 6) is 1.66. The van der Waals surface area contributed by atoms with Gasteiger partial charge in [0.25, 0.3) is 0 Å². The van der Waals surface area contributed by atoms with Gasteiger partial charge in [-0.15, -0.1) is 11.3 Å². The van der Waals surface area contributed by atoms with Crippen molar-refractivity contribution in [3.8, 4) is 11.5 Å². The number of hydrogen-bond donors (Lipinski definition) is 2. The Hall–Kier alpha value is -1.86. The van der Waals surface area contributed by atoms with E-state index in [-0.39, 0.29) is 17.3 Å². The molecule has 6 heteroatoms. The minimum absolute atomic E-state index is 0.194. The first kappa shape index (κ1) is 21.7. The van der Waals surface area contributed by atoms with Crippen LogP contribution in [-0.2, 0) is 22.2 Å². The zero-order chi connectivity index (χ0) is 23.0. The number of phenolic OH excluding ortho intramolecular Hbond substituents is 1. The van der Waals surface area contributed by atoms with Crippen LogP contribution in [0.3, 0.4) is 0 Å². The highest BCUT2D eigenvalue weighted by Crippen LogP contribution is 2.60. The molecule has 5 atom stereocenters. The number of phenols is 1. The van der Waals surface area contributed by atoms with Gasteiger partial charge in [0.15, 0.2) is 11.5 Å². The number of hydrogen-bond acceptors (Lipinski definition) is 6. The molecule has 1 saturated carbocycles. The van der Waals surface area contributed by atoms with E-state index in [1.165, 1.54) is 41.9 Å². The molecule has 1 saturated heterocycles. The number of benzene rings is 1. The minimum atomic E-state index is -1.23. The van der Waals surface area contributed by atoms with Crippen molar-refractivity contribution in [1.29, 1.82) is 0 Å². The fourth-order valence-electron chi connectivity index (χ4n) is 6.61. The number of piperidine rings is 1. The molecule has 3 heterocycles. The van der Waals surface area contributed by atoms with Gasteiger partial charge in [-0.3, -0.25) is 4.90 Å². The van der Waals surface area contributed by atoms with E-state index in [1.807, 2.05) is 17.5 Å². The van der Waals surface area contributed by atoms with Crippen LogP contribution in [0.25, 0.3) is 0 Å². The SMILES string of the molecule is C=C(C(OC)[C@@H]1Oc2c(O)ccc3c2[C@@]12CCN(CC1CC1)[C@H](C3)C2)C(C)(O)c1cccs1. The topological polar surface area (TPSA) is 62.2 Å². The summed E-state index contributed by atoms with van der Waals surface area (Å²) in [6.07, 6.45) is 4.82. The Labute approximate surface area is 199 Å². The summed E-state index contributed by atoms with van der Waals surface area (Å²) in [7, 11) is 1.67. The van der Waals surface area contributed by atoms with Crippen molar-refractivity contribution < 1.29 is 19.7 Å². The third-order valence-corrected chi connectivity index (χ3v) is 9.70. The van der Waals surface area contributed by atoms with E-state index in [9.17, 15) is 10.2 Å². The summed E-state index contributed by atoms with van der Waals surface area (Å²) in [5, 5.41) is 24.2. The third kappa shape index (κ3) is 3.22. The lowest BCUT2D eigenvalue weighted by Crippen LogP contribution is -2.60. The lowest BCUT2D eigenvalue weighted by molar-refractivity contribution is -0.0530. The number of aliphatic hydroxyl groups is 1. The van der Waals surface area contributed by atoms with Gasteiger partial charge < -0.3 is 19.7 Å². The maximum absolute atomic E-state index is 11.5. The summed E-state index contributed by atoms with van der Waals surface area (Å²) in [6.45, 7) is 8.35. The minimum Gasteiger partial charge on any atom is -0.504 e. The molecule has 2 aromatic rings. The molecule has 1 aromatic carbocycles. The molecule has 0 radical (unpaired) electrons. The monoisotopic (exact) mass is 467 g/mol. The normalized spacial score (nSPS) is 30.9. The van der Waals surface area contributed by atoms with Crippen LogP contribution in [0.4, 0.5) is 0 Å². The van der Waals surface area contributed by atoms with Gasteiger partial charge in [0, 0.05) is 35.6 Å². The summed E-state index contributed by atoms with van der Waals surface area (Å²) in [5.41, 5.74) is 1.58. The third-order valence-electron chi connectivity index (χ3n) is 8.62. The Morgan fingerprint density at radius 2 is 2.21 bits per heavy atom. The van der Waals surface area contributed by atoms with Crippen LogP contribution in [0, 0.1) is 5.92 Å². The van der Waals surface area contributed by atoms with Crippen LogP contribution in [0.2, 0.25) is 0 Å². The molecule has 2 aliphatic heterocycles. The predicted molar refractivity (Wildman–Crippen MR) is 129 cm³/mol. The van der Waals surface area contributed by atoms with Crippen molar-refractivity contribution in [1.82, 2.24) is 4.90 Å². The van der Waals surface area contributed by atoms with Gasteiger partial charge in [0.2, 0.25) is 0 Å². The van der Waals surface area contributed by atoms with E-state index in [2.05, 4.69) is 17.5 Å². The van der Waals surface area contributed by atoms with E-state index >= 15 is 0 Å². The first-order chi connectivity index (χ1) is 15.8. The first-order valence-corrected chi connectivity index (χ1v) is 13.0. The molecule has 2 fully saturated rings. The van der Waals surface area contributed by atoms with E-state index in [1.54, 1.807) is 20.1 Å². The van der Waals surface area contributed by atoms with Gasteiger partial charge in [-0.05, 0) is 80.1 Å². The maximum Gasteiger partial charge on any atom is 0.165 e. The lowest BCUT2D eigenvalue weighted by atomic mass is 9.60. The first-order valence-electron chi connectivity index (χ1n) is 12.1. The number of fused-ring (bicyclic) bond motifs is 1. The van der Waals surface area contributed by atoms with E-state index in [4.69, 9.17) is 9.47 Å².